The summed E-state index contributed by atoms with van der Waals surface area (Å²) in [5, 5.41) is 2.82. The zero-order chi connectivity index (χ0) is 20.1. The molecule has 0 radical (unpaired) electrons. The van der Waals surface area contributed by atoms with Crippen LogP contribution in [-0.4, -0.2) is 47.3 Å². The van der Waals surface area contributed by atoms with Gasteiger partial charge in [0.15, 0.2) is 0 Å². The normalized spacial score (nSPS) is 17.4. The fourth-order valence-electron chi connectivity index (χ4n) is 3.14. The van der Waals surface area contributed by atoms with Gasteiger partial charge in [-0.05, 0) is 53.0 Å². The van der Waals surface area contributed by atoms with E-state index in [2.05, 4.69) is 22.3 Å². The van der Waals surface area contributed by atoms with Crippen LogP contribution in [0.1, 0.15) is 53.0 Å². The Bertz CT molecular complexity index is 629. The minimum atomic E-state index is -1.04. The SMILES string of the molecule is CC(C)OC(=O)C1(NC(=O)OC(C)(C)C)CCN(Cc2ccccc2)CC1. The number of amides is 1. The summed E-state index contributed by atoms with van der Waals surface area (Å²) >= 11 is 0. The number of hydrogen-bond acceptors (Lipinski definition) is 5. The monoisotopic (exact) mass is 376 g/mol. The van der Waals surface area contributed by atoms with Gasteiger partial charge in [-0.15, -0.1) is 0 Å². The molecule has 0 atom stereocenters. The number of rotatable bonds is 5. The van der Waals surface area contributed by atoms with Crippen LogP contribution < -0.4 is 5.32 Å². The second-order valence-corrected chi connectivity index (χ2v) is 8.42. The van der Waals surface area contributed by atoms with Crippen LogP contribution in [0.3, 0.4) is 0 Å². The van der Waals surface area contributed by atoms with Crippen molar-refractivity contribution in [3.05, 3.63) is 35.9 Å². The van der Waals surface area contributed by atoms with Crippen molar-refractivity contribution in [1.82, 2.24) is 10.2 Å². The maximum Gasteiger partial charge on any atom is 0.408 e. The first-order chi connectivity index (χ1) is 12.6. The quantitative estimate of drug-likeness (QED) is 0.797. The average molecular weight is 376 g/mol. The summed E-state index contributed by atoms with van der Waals surface area (Å²) < 4.78 is 10.8. The lowest BCUT2D eigenvalue weighted by Gasteiger charge is -2.40. The predicted octanol–water partition coefficient (Wildman–Crippen LogP) is 3.50. The lowest BCUT2D eigenvalue weighted by Crippen LogP contribution is -2.61. The highest BCUT2D eigenvalue weighted by Gasteiger charge is 2.45. The predicted molar refractivity (Wildman–Crippen MR) is 104 cm³/mol. The molecule has 150 valence electrons. The largest absolute Gasteiger partial charge is 0.461 e. The zero-order valence-electron chi connectivity index (χ0n) is 17.1. The summed E-state index contributed by atoms with van der Waals surface area (Å²) in [4.78, 5) is 27.4. The highest BCUT2D eigenvalue weighted by Crippen LogP contribution is 2.26. The first-order valence-electron chi connectivity index (χ1n) is 9.58. The van der Waals surface area contributed by atoms with Crippen molar-refractivity contribution >= 4 is 12.1 Å². The number of likely N-dealkylation sites (tertiary alicyclic amines) is 1. The van der Waals surface area contributed by atoms with Gasteiger partial charge in [0.25, 0.3) is 0 Å². The zero-order valence-corrected chi connectivity index (χ0v) is 17.1. The molecule has 1 saturated heterocycles. The number of piperidine rings is 1. The van der Waals surface area contributed by atoms with E-state index >= 15 is 0 Å². The number of ether oxygens (including phenoxy) is 2. The molecule has 1 fully saturated rings. The molecule has 2 rings (SSSR count). The van der Waals surface area contributed by atoms with E-state index in [0.717, 1.165) is 6.54 Å². The van der Waals surface area contributed by atoms with E-state index in [0.29, 0.717) is 25.9 Å². The van der Waals surface area contributed by atoms with Crippen molar-refractivity contribution in [2.24, 2.45) is 0 Å². The molecule has 0 aliphatic carbocycles. The van der Waals surface area contributed by atoms with Crippen molar-refractivity contribution in [2.75, 3.05) is 13.1 Å². The molecule has 1 heterocycles. The first kappa shape index (κ1) is 21.2. The number of carbonyl (C=O) groups is 2. The number of nitrogens with zero attached hydrogens (tertiary/aromatic N) is 1. The second-order valence-electron chi connectivity index (χ2n) is 8.42. The maximum atomic E-state index is 12.8. The van der Waals surface area contributed by atoms with Gasteiger partial charge < -0.3 is 14.8 Å². The van der Waals surface area contributed by atoms with Crippen LogP contribution in [0.4, 0.5) is 4.79 Å². The van der Waals surface area contributed by atoms with Crippen LogP contribution in [0.2, 0.25) is 0 Å². The molecule has 0 saturated carbocycles. The molecule has 0 aromatic heterocycles. The summed E-state index contributed by atoms with van der Waals surface area (Å²) in [6.45, 7) is 11.2. The highest BCUT2D eigenvalue weighted by atomic mass is 16.6. The fourth-order valence-corrected chi connectivity index (χ4v) is 3.14. The highest BCUT2D eigenvalue weighted by molar-refractivity contribution is 5.86. The van der Waals surface area contributed by atoms with Gasteiger partial charge in [0.05, 0.1) is 6.10 Å². The summed E-state index contributed by atoms with van der Waals surface area (Å²) in [5.74, 6) is -0.386. The third-order valence-electron chi connectivity index (χ3n) is 4.43. The average Bonchev–Trinajstić information content (AvgIpc) is 2.55. The lowest BCUT2D eigenvalue weighted by atomic mass is 9.87. The Labute approximate surface area is 162 Å². The van der Waals surface area contributed by atoms with E-state index in [9.17, 15) is 9.59 Å². The van der Waals surface area contributed by atoms with Gasteiger partial charge in [0.2, 0.25) is 0 Å². The van der Waals surface area contributed by atoms with Crippen LogP contribution in [0.15, 0.2) is 30.3 Å². The van der Waals surface area contributed by atoms with Gasteiger partial charge in [-0.2, -0.15) is 0 Å². The summed E-state index contributed by atoms with van der Waals surface area (Å²) in [6.07, 6.45) is 0.159. The molecular formula is C21H32N2O4. The van der Waals surface area contributed by atoms with Crippen LogP contribution >= 0.6 is 0 Å². The molecule has 0 unspecified atom stereocenters. The molecular weight excluding hydrogens is 344 g/mol. The lowest BCUT2D eigenvalue weighted by molar-refractivity contribution is -0.158. The molecule has 1 aromatic carbocycles. The molecule has 0 bridgehead atoms. The topological polar surface area (TPSA) is 67.9 Å². The molecule has 1 aromatic rings. The maximum absolute atomic E-state index is 12.8. The summed E-state index contributed by atoms with van der Waals surface area (Å²) in [5.41, 5.74) is -0.434. The molecule has 6 heteroatoms. The van der Waals surface area contributed by atoms with Gasteiger partial charge in [0.1, 0.15) is 11.1 Å². The number of hydrogen-bond donors (Lipinski definition) is 1. The van der Waals surface area contributed by atoms with E-state index in [1.165, 1.54) is 5.56 Å². The number of nitrogens with one attached hydrogen (secondary N) is 1. The Kier molecular flexibility index (Phi) is 6.87. The van der Waals surface area contributed by atoms with Gasteiger partial charge in [0, 0.05) is 19.6 Å². The Morgan fingerprint density at radius 3 is 2.26 bits per heavy atom. The third kappa shape index (κ3) is 6.54. The molecule has 6 nitrogen and oxygen atoms in total. The van der Waals surface area contributed by atoms with E-state index in [1.54, 1.807) is 20.8 Å². The molecule has 1 aliphatic rings. The molecule has 1 aliphatic heterocycles. The molecule has 27 heavy (non-hydrogen) atoms. The van der Waals surface area contributed by atoms with Gasteiger partial charge in [-0.25, -0.2) is 9.59 Å². The van der Waals surface area contributed by atoms with Crippen LogP contribution in [-0.2, 0) is 20.8 Å². The third-order valence-corrected chi connectivity index (χ3v) is 4.43. The second kappa shape index (κ2) is 8.74. The van der Waals surface area contributed by atoms with Crippen molar-refractivity contribution in [1.29, 1.82) is 0 Å². The molecule has 0 spiro atoms. The van der Waals surface area contributed by atoms with Crippen LogP contribution in [0, 0.1) is 0 Å². The van der Waals surface area contributed by atoms with Crippen molar-refractivity contribution in [3.63, 3.8) is 0 Å². The summed E-state index contributed by atoms with van der Waals surface area (Å²) in [7, 11) is 0. The number of benzene rings is 1. The van der Waals surface area contributed by atoms with Crippen LogP contribution in [0.5, 0.6) is 0 Å². The molecule has 1 amide bonds. The standard InChI is InChI=1S/C21H32N2O4/c1-16(2)26-18(24)21(22-19(25)27-20(3,4)5)11-13-23(14-12-21)15-17-9-7-6-8-10-17/h6-10,16H,11-15H2,1-5H3,(H,22,25). The smallest absolute Gasteiger partial charge is 0.408 e. The summed E-state index contributed by atoms with van der Waals surface area (Å²) in [6, 6.07) is 10.2. The van der Waals surface area contributed by atoms with E-state index in [-0.39, 0.29) is 12.1 Å². The van der Waals surface area contributed by atoms with E-state index in [4.69, 9.17) is 9.47 Å². The van der Waals surface area contributed by atoms with Gasteiger partial charge in [-0.3, -0.25) is 4.90 Å². The first-order valence-corrected chi connectivity index (χ1v) is 9.58. The number of carbonyl (C=O) groups excluding carboxylic acids is 2. The fraction of sp³-hybridized carbons (Fsp3) is 0.619. The Hall–Kier alpha value is -2.08. The van der Waals surface area contributed by atoms with Gasteiger partial charge >= 0.3 is 12.1 Å². The van der Waals surface area contributed by atoms with Crippen LogP contribution in [0.25, 0.3) is 0 Å². The number of alkyl carbamates (subject to hydrolysis) is 1. The number of esters is 1. The minimum Gasteiger partial charge on any atom is -0.461 e. The Morgan fingerprint density at radius 1 is 1.15 bits per heavy atom. The van der Waals surface area contributed by atoms with Crippen molar-refractivity contribution in [3.8, 4) is 0 Å². The Balaban J connectivity index is 2.06. The van der Waals surface area contributed by atoms with Crippen molar-refractivity contribution in [2.45, 2.75) is 71.2 Å². The van der Waals surface area contributed by atoms with Crippen molar-refractivity contribution < 1.29 is 19.1 Å². The van der Waals surface area contributed by atoms with E-state index in [1.807, 2.05) is 32.0 Å². The van der Waals surface area contributed by atoms with E-state index < -0.39 is 17.2 Å². The Morgan fingerprint density at radius 2 is 1.74 bits per heavy atom. The molecule has 1 N–H and O–H groups in total. The van der Waals surface area contributed by atoms with Gasteiger partial charge in [-0.1, -0.05) is 30.3 Å². The minimum absolute atomic E-state index is 0.239.